The van der Waals surface area contributed by atoms with Gasteiger partial charge >= 0.3 is 0 Å². The minimum absolute atomic E-state index is 0. The number of hydrogen-bond acceptors (Lipinski definition) is 2. The molecule has 0 amide bonds. The first-order valence-electron chi connectivity index (χ1n) is 8.01. The van der Waals surface area contributed by atoms with Gasteiger partial charge in [0.1, 0.15) is 5.75 Å². The minimum atomic E-state index is 0. The fraction of sp³-hybridized carbons (Fsp3) is 0.316. The highest BCUT2D eigenvalue weighted by Crippen LogP contribution is 2.11. The fourth-order valence-electron chi connectivity index (χ4n) is 2.12. The van der Waals surface area contributed by atoms with Gasteiger partial charge in [-0.25, -0.2) is 0 Å². The first-order chi connectivity index (χ1) is 11.2. The van der Waals surface area contributed by atoms with E-state index >= 15 is 0 Å². The van der Waals surface area contributed by atoms with Gasteiger partial charge in [-0.3, -0.25) is 4.99 Å². The molecule has 0 aliphatic carbocycles. The molecule has 0 bridgehead atoms. The van der Waals surface area contributed by atoms with E-state index in [4.69, 9.17) is 10.5 Å². The van der Waals surface area contributed by atoms with Crippen LogP contribution in [0.15, 0.2) is 59.6 Å². The summed E-state index contributed by atoms with van der Waals surface area (Å²) in [6, 6.07) is 18.4. The molecule has 0 saturated heterocycles. The zero-order valence-electron chi connectivity index (χ0n) is 14.1. The third-order valence-corrected chi connectivity index (χ3v) is 3.44. The number of nitrogens with one attached hydrogen (secondary N) is 1. The molecule has 0 saturated carbocycles. The number of aliphatic imine (C=N–C) groups is 1. The van der Waals surface area contributed by atoms with Crippen LogP contribution in [0.5, 0.6) is 5.75 Å². The zero-order chi connectivity index (χ0) is 16.3. The van der Waals surface area contributed by atoms with Crippen LogP contribution in [-0.2, 0) is 6.42 Å². The van der Waals surface area contributed by atoms with Gasteiger partial charge < -0.3 is 15.8 Å². The number of hydrogen-bond donors (Lipinski definition) is 2. The van der Waals surface area contributed by atoms with Crippen molar-refractivity contribution in [1.29, 1.82) is 0 Å². The Kier molecular flexibility index (Phi) is 9.91. The van der Waals surface area contributed by atoms with Crippen LogP contribution in [0, 0.1) is 6.92 Å². The molecule has 5 heteroatoms. The Balaban J connectivity index is 0.00000288. The molecule has 3 N–H and O–H groups in total. The molecule has 2 rings (SSSR count). The summed E-state index contributed by atoms with van der Waals surface area (Å²) in [4.78, 5) is 4.30. The van der Waals surface area contributed by atoms with Crippen LogP contribution in [0.25, 0.3) is 0 Å². The molecule has 0 unspecified atom stereocenters. The number of ether oxygens (including phenoxy) is 1. The molecular weight excluding hydrogens is 413 g/mol. The maximum Gasteiger partial charge on any atom is 0.188 e. The second kappa shape index (κ2) is 11.7. The van der Waals surface area contributed by atoms with E-state index < -0.39 is 0 Å². The van der Waals surface area contributed by atoms with Gasteiger partial charge in [0.2, 0.25) is 0 Å². The highest BCUT2D eigenvalue weighted by Gasteiger charge is 1.95. The minimum Gasteiger partial charge on any atom is -0.494 e. The molecular formula is C19H26IN3O. The summed E-state index contributed by atoms with van der Waals surface area (Å²) in [7, 11) is 0. The van der Waals surface area contributed by atoms with Crippen LogP contribution in [0.4, 0.5) is 0 Å². The van der Waals surface area contributed by atoms with Gasteiger partial charge in [-0.05, 0) is 31.0 Å². The lowest BCUT2D eigenvalue weighted by Gasteiger charge is -2.07. The number of nitrogens with zero attached hydrogens (tertiary/aromatic N) is 1. The third-order valence-electron chi connectivity index (χ3n) is 3.44. The van der Waals surface area contributed by atoms with Crippen molar-refractivity contribution in [2.75, 3.05) is 19.7 Å². The number of benzene rings is 2. The van der Waals surface area contributed by atoms with Crippen LogP contribution in [0.3, 0.4) is 0 Å². The number of aryl methyl sites for hydroxylation is 1. The molecule has 0 aliphatic heterocycles. The van der Waals surface area contributed by atoms with Gasteiger partial charge in [0.15, 0.2) is 5.96 Å². The Morgan fingerprint density at radius 1 is 1.08 bits per heavy atom. The molecule has 0 spiro atoms. The molecule has 0 radical (unpaired) electrons. The Labute approximate surface area is 161 Å². The lowest BCUT2D eigenvalue weighted by Crippen LogP contribution is -2.33. The van der Waals surface area contributed by atoms with E-state index in [9.17, 15) is 0 Å². The first-order valence-corrected chi connectivity index (χ1v) is 8.01. The van der Waals surface area contributed by atoms with Crippen molar-refractivity contribution in [1.82, 2.24) is 5.32 Å². The predicted molar refractivity (Wildman–Crippen MR) is 111 cm³/mol. The standard InChI is InChI=1S/C19H25N3O.HI/c1-16-8-10-18(11-9-16)23-15-5-13-21-19(20)22-14-12-17-6-3-2-4-7-17;/h2-4,6-11H,5,12-15H2,1H3,(H3,20,21,22);1H. The predicted octanol–water partition coefficient (Wildman–Crippen LogP) is 3.53. The third kappa shape index (κ3) is 8.19. The van der Waals surface area contributed by atoms with Gasteiger partial charge in [-0.15, -0.1) is 24.0 Å². The van der Waals surface area contributed by atoms with Gasteiger partial charge in [-0.2, -0.15) is 0 Å². The molecule has 130 valence electrons. The van der Waals surface area contributed by atoms with Crippen LogP contribution < -0.4 is 15.8 Å². The molecule has 0 aromatic heterocycles. The van der Waals surface area contributed by atoms with E-state index in [1.165, 1.54) is 11.1 Å². The number of rotatable bonds is 8. The lowest BCUT2D eigenvalue weighted by atomic mass is 10.1. The van der Waals surface area contributed by atoms with Crippen molar-refractivity contribution in [2.24, 2.45) is 10.7 Å². The molecule has 24 heavy (non-hydrogen) atoms. The summed E-state index contributed by atoms with van der Waals surface area (Å²) in [5.41, 5.74) is 8.37. The molecule has 0 heterocycles. The van der Waals surface area contributed by atoms with E-state index in [1.54, 1.807) is 0 Å². The summed E-state index contributed by atoms with van der Waals surface area (Å²) < 4.78 is 5.65. The molecule has 0 atom stereocenters. The van der Waals surface area contributed by atoms with Crippen molar-refractivity contribution in [3.63, 3.8) is 0 Å². The van der Waals surface area contributed by atoms with Crippen molar-refractivity contribution in [2.45, 2.75) is 19.8 Å². The van der Waals surface area contributed by atoms with E-state index in [1.807, 2.05) is 42.5 Å². The molecule has 0 aliphatic rings. The van der Waals surface area contributed by atoms with E-state index in [2.05, 4.69) is 29.4 Å². The second-order valence-corrected chi connectivity index (χ2v) is 5.44. The molecule has 0 fully saturated rings. The quantitative estimate of drug-likeness (QED) is 0.286. The maximum absolute atomic E-state index is 5.85. The monoisotopic (exact) mass is 439 g/mol. The highest BCUT2D eigenvalue weighted by molar-refractivity contribution is 14.0. The normalized spacial score (nSPS) is 10.8. The first kappa shape index (κ1) is 20.3. The SMILES string of the molecule is Cc1ccc(OCCCN=C(N)NCCc2ccccc2)cc1.I. The van der Waals surface area contributed by atoms with Crippen molar-refractivity contribution in [3.05, 3.63) is 65.7 Å². The van der Waals surface area contributed by atoms with Gasteiger partial charge in [0, 0.05) is 19.5 Å². The van der Waals surface area contributed by atoms with Crippen LogP contribution >= 0.6 is 24.0 Å². The van der Waals surface area contributed by atoms with Crippen LogP contribution in [-0.4, -0.2) is 25.7 Å². The zero-order valence-corrected chi connectivity index (χ0v) is 16.4. The second-order valence-electron chi connectivity index (χ2n) is 5.44. The van der Waals surface area contributed by atoms with E-state index in [-0.39, 0.29) is 24.0 Å². The van der Waals surface area contributed by atoms with Crippen LogP contribution in [0.2, 0.25) is 0 Å². The van der Waals surface area contributed by atoms with E-state index in [0.717, 1.165) is 25.1 Å². The van der Waals surface area contributed by atoms with Crippen molar-refractivity contribution < 1.29 is 4.74 Å². The molecule has 2 aromatic carbocycles. The van der Waals surface area contributed by atoms with Gasteiger partial charge in [0.05, 0.1) is 6.61 Å². The number of guanidine groups is 1. The average molecular weight is 439 g/mol. The van der Waals surface area contributed by atoms with Gasteiger partial charge in [0.25, 0.3) is 0 Å². The lowest BCUT2D eigenvalue weighted by molar-refractivity contribution is 0.313. The largest absolute Gasteiger partial charge is 0.494 e. The highest BCUT2D eigenvalue weighted by atomic mass is 127. The van der Waals surface area contributed by atoms with Gasteiger partial charge in [-0.1, -0.05) is 48.0 Å². The fourth-order valence-corrected chi connectivity index (χ4v) is 2.12. The Morgan fingerprint density at radius 3 is 2.50 bits per heavy atom. The van der Waals surface area contributed by atoms with Crippen LogP contribution in [0.1, 0.15) is 17.5 Å². The van der Waals surface area contributed by atoms with E-state index in [0.29, 0.717) is 19.1 Å². The average Bonchev–Trinajstić information content (AvgIpc) is 2.57. The Hall–Kier alpha value is -1.76. The Morgan fingerprint density at radius 2 is 1.79 bits per heavy atom. The summed E-state index contributed by atoms with van der Waals surface area (Å²) in [6.07, 6.45) is 1.78. The summed E-state index contributed by atoms with van der Waals surface area (Å²) >= 11 is 0. The number of nitrogens with two attached hydrogens (primary N) is 1. The number of halogens is 1. The Bertz CT molecular complexity index is 600. The summed E-state index contributed by atoms with van der Waals surface area (Å²) in [6.45, 7) is 4.16. The molecule has 4 nitrogen and oxygen atoms in total. The maximum atomic E-state index is 5.85. The topological polar surface area (TPSA) is 59.6 Å². The van der Waals surface area contributed by atoms with Crippen molar-refractivity contribution in [3.8, 4) is 5.75 Å². The smallest absolute Gasteiger partial charge is 0.188 e. The van der Waals surface area contributed by atoms with Crippen molar-refractivity contribution >= 4 is 29.9 Å². The summed E-state index contributed by atoms with van der Waals surface area (Å²) in [5, 5.41) is 3.13. The molecule has 2 aromatic rings. The summed E-state index contributed by atoms with van der Waals surface area (Å²) in [5.74, 6) is 1.39.